The zero-order chi connectivity index (χ0) is 22.7. The van der Waals surface area contributed by atoms with Crippen LogP contribution in [0, 0.1) is 12.8 Å². The second kappa shape index (κ2) is 9.89. The molecule has 0 spiro atoms. The Bertz CT molecular complexity index is 989. The summed E-state index contributed by atoms with van der Waals surface area (Å²) in [5.74, 6) is 0.355. The first-order valence-electron chi connectivity index (χ1n) is 12.3. The van der Waals surface area contributed by atoms with E-state index in [4.69, 9.17) is 0 Å². The number of benzene rings is 2. The fourth-order valence-corrected chi connectivity index (χ4v) is 5.20. The molecule has 0 bridgehead atoms. The highest BCUT2D eigenvalue weighted by Gasteiger charge is 2.32. The van der Waals surface area contributed by atoms with Crippen LogP contribution in [0.2, 0.25) is 0 Å². The van der Waals surface area contributed by atoms with Gasteiger partial charge in [0.05, 0.1) is 0 Å². The number of amides is 2. The molecule has 2 aromatic rings. The van der Waals surface area contributed by atoms with Crippen molar-refractivity contribution in [2.45, 2.75) is 65.7 Å². The molecule has 170 valence electrons. The molecule has 2 amide bonds. The normalized spacial score (nSPS) is 17.1. The van der Waals surface area contributed by atoms with Crippen molar-refractivity contribution < 1.29 is 9.59 Å². The van der Waals surface area contributed by atoms with E-state index in [1.807, 2.05) is 21.9 Å². The van der Waals surface area contributed by atoms with Gasteiger partial charge in [0.25, 0.3) is 5.91 Å². The smallest absolute Gasteiger partial charge is 0.254 e. The van der Waals surface area contributed by atoms with Crippen molar-refractivity contribution >= 4 is 17.5 Å². The maximum atomic E-state index is 13.5. The van der Waals surface area contributed by atoms with Crippen LogP contribution in [0.25, 0.3) is 0 Å². The Morgan fingerprint density at radius 1 is 0.938 bits per heavy atom. The van der Waals surface area contributed by atoms with E-state index < -0.39 is 0 Å². The summed E-state index contributed by atoms with van der Waals surface area (Å²) >= 11 is 0. The van der Waals surface area contributed by atoms with Crippen molar-refractivity contribution in [1.29, 1.82) is 0 Å². The number of carbonyl (C=O) groups excluding carboxylic acids is 2. The Kier molecular flexibility index (Phi) is 6.98. The first-order valence-corrected chi connectivity index (χ1v) is 12.3. The number of piperidine rings is 1. The summed E-state index contributed by atoms with van der Waals surface area (Å²) in [7, 11) is 0. The average Bonchev–Trinajstić information content (AvgIpc) is 3.05. The third-order valence-corrected chi connectivity index (χ3v) is 7.19. The van der Waals surface area contributed by atoms with E-state index in [1.165, 1.54) is 16.7 Å². The van der Waals surface area contributed by atoms with E-state index in [2.05, 4.69) is 45.0 Å². The lowest BCUT2D eigenvalue weighted by Gasteiger charge is -2.35. The highest BCUT2D eigenvalue weighted by atomic mass is 16.2. The van der Waals surface area contributed by atoms with E-state index in [0.29, 0.717) is 13.1 Å². The first-order chi connectivity index (χ1) is 15.5. The second-order valence-electron chi connectivity index (χ2n) is 9.34. The van der Waals surface area contributed by atoms with Gasteiger partial charge in [-0.1, -0.05) is 43.7 Å². The molecule has 2 aromatic carbocycles. The molecule has 4 heteroatoms. The van der Waals surface area contributed by atoms with Crippen LogP contribution in [0.15, 0.2) is 36.4 Å². The maximum absolute atomic E-state index is 13.5. The van der Waals surface area contributed by atoms with E-state index in [1.54, 1.807) is 0 Å². The molecule has 32 heavy (non-hydrogen) atoms. The molecule has 0 radical (unpaired) electrons. The van der Waals surface area contributed by atoms with Crippen LogP contribution in [-0.2, 0) is 24.1 Å². The molecule has 0 unspecified atom stereocenters. The molecule has 0 aliphatic carbocycles. The van der Waals surface area contributed by atoms with Gasteiger partial charge in [-0.2, -0.15) is 0 Å². The average molecular weight is 433 g/mol. The standard InChI is InChI=1S/C28H36N2O2/c1-4-21-10-12-26-24(19-21)8-6-7-15-30(26)27(31)23-13-16-29(17-14-23)28(32)25-11-9-20(3)18-22(25)5-2/h9-12,18-19,23H,4-8,13-17H2,1-3H3. The van der Waals surface area contributed by atoms with E-state index >= 15 is 0 Å². The molecular weight excluding hydrogens is 396 g/mol. The van der Waals surface area contributed by atoms with E-state index in [9.17, 15) is 9.59 Å². The van der Waals surface area contributed by atoms with Crippen LogP contribution in [-0.4, -0.2) is 36.3 Å². The summed E-state index contributed by atoms with van der Waals surface area (Å²) in [4.78, 5) is 30.7. The first kappa shape index (κ1) is 22.6. The Labute approximate surface area is 192 Å². The summed E-state index contributed by atoms with van der Waals surface area (Å²) in [5.41, 5.74) is 6.88. The van der Waals surface area contributed by atoms with Gasteiger partial charge in [0.15, 0.2) is 0 Å². The molecule has 0 aromatic heterocycles. The van der Waals surface area contributed by atoms with Gasteiger partial charge in [-0.15, -0.1) is 0 Å². The molecule has 1 fully saturated rings. The van der Waals surface area contributed by atoms with Crippen LogP contribution in [0.1, 0.15) is 72.1 Å². The summed E-state index contributed by atoms with van der Waals surface area (Å²) in [6, 6.07) is 12.7. The quantitative estimate of drug-likeness (QED) is 0.654. The Morgan fingerprint density at radius 3 is 2.44 bits per heavy atom. The SMILES string of the molecule is CCc1ccc2c(c1)CCCCN2C(=O)C1CCN(C(=O)c2ccc(C)cc2CC)CC1. The fraction of sp³-hybridized carbons (Fsp3) is 0.500. The van der Waals surface area contributed by atoms with Gasteiger partial charge in [-0.3, -0.25) is 9.59 Å². The highest BCUT2D eigenvalue weighted by Crippen LogP contribution is 2.31. The molecule has 2 aliphatic rings. The van der Waals surface area contributed by atoms with Crippen LogP contribution in [0.3, 0.4) is 0 Å². The third-order valence-electron chi connectivity index (χ3n) is 7.19. The van der Waals surface area contributed by atoms with Gasteiger partial charge in [-0.05, 0) is 80.7 Å². The van der Waals surface area contributed by atoms with E-state index in [-0.39, 0.29) is 17.7 Å². The lowest BCUT2D eigenvalue weighted by atomic mass is 9.93. The number of likely N-dealkylation sites (tertiary alicyclic amines) is 1. The number of nitrogens with zero attached hydrogens (tertiary/aromatic N) is 2. The number of hydrogen-bond acceptors (Lipinski definition) is 2. The summed E-state index contributed by atoms with van der Waals surface area (Å²) in [5, 5.41) is 0. The molecule has 4 nitrogen and oxygen atoms in total. The van der Waals surface area contributed by atoms with Crippen LogP contribution >= 0.6 is 0 Å². The van der Waals surface area contributed by atoms with E-state index in [0.717, 1.165) is 68.3 Å². The van der Waals surface area contributed by atoms with Gasteiger partial charge in [0, 0.05) is 36.8 Å². The minimum atomic E-state index is -0.000449. The van der Waals surface area contributed by atoms with Gasteiger partial charge in [-0.25, -0.2) is 0 Å². The van der Waals surface area contributed by atoms with Crippen molar-refractivity contribution in [3.8, 4) is 0 Å². The molecule has 1 saturated heterocycles. The molecule has 2 heterocycles. The molecular formula is C28H36N2O2. The van der Waals surface area contributed by atoms with Crippen molar-refractivity contribution in [2.75, 3.05) is 24.5 Å². The topological polar surface area (TPSA) is 40.6 Å². The van der Waals surface area contributed by atoms with Crippen LogP contribution in [0.4, 0.5) is 5.69 Å². The maximum Gasteiger partial charge on any atom is 0.254 e. The minimum absolute atomic E-state index is 0.000449. The number of rotatable bonds is 4. The largest absolute Gasteiger partial charge is 0.339 e. The van der Waals surface area contributed by atoms with Crippen molar-refractivity contribution in [3.05, 3.63) is 64.2 Å². The number of carbonyl (C=O) groups is 2. The predicted octanol–water partition coefficient (Wildman–Crippen LogP) is 5.34. The minimum Gasteiger partial charge on any atom is -0.339 e. The summed E-state index contributed by atoms with van der Waals surface area (Å²) in [6.45, 7) is 8.45. The summed E-state index contributed by atoms with van der Waals surface area (Å²) in [6.07, 6.45) is 6.60. The van der Waals surface area contributed by atoms with Gasteiger partial charge in [0.2, 0.25) is 5.91 Å². The number of fused-ring (bicyclic) bond motifs is 1. The molecule has 0 atom stereocenters. The zero-order valence-electron chi connectivity index (χ0n) is 19.8. The molecule has 2 aliphatic heterocycles. The molecule has 0 saturated carbocycles. The number of hydrogen-bond donors (Lipinski definition) is 0. The lowest BCUT2D eigenvalue weighted by Crippen LogP contribution is -2.45. The molecule has 4 rings (SSSR count). The van der Waals surface area contributed by atoms with Crippen molar-refractivity contribution in [1.82, 2.24) is 4.90 Å². The van der Waals surface area contributed by atoms with Crippen LogP contribution in [0.5, 0.6) is 0 Å². The van der Waals surface area contributed by atoms with Crippen molar-refractivity contribution in [2.24, 2.45) is 5.92 Å². The Balaban J connectivity index is 1.45. The van der Waals surface area contributed by atoms with Gasteiger partial charge in [0.1, 0.15) is 0 Å². The van der Waals surface area contributed by atoms with Crippen LogP contribution < -0.4 is 4.90 Å². The monoisotopic (exact) mass is 432 g/mol. The summed E-state index contributed by atoms with van der Waals surface area (Å²) < 4.78 is 0. The van der Waals surface area contributed by atoms with Gasteiger partial charge >= 0.3 is 0 Å². The zero-order valence-corrected chi connectivity index (χ0v) is 19.8. The molecule has 0 N–H and O–H groups in total. The number of anilines is 1. The van der Waals surface area contributed by atoms with Gasteiger partial charge < -0.3 is 9.80 Å². The Hall–Kier alpha value is -2.62. The fourth-order valence-electron chi connectivity index (χ4n) is 5.20. The second-order valence-corrected chi connectivity index (χ2v) is 9.34. The third kappa shape index (κ3) is 4.60. The lowest BCUT2D eigenvalue weighted by molar-refractivity contribution is -0.123. The van der Waals surface area contributed by atoms with Crippen molar-refractivity contribution in [3.63, 3.8) is 0 Å². The Morgan fingerprint density at radius 2 is 1.72 bits per heavy atom. The predicted molar refractivity (Wildman–Crippen MR) is 130 cm³/mol. The number of aryl methyl sites for hydroxylation is 4. The highest BCUT2D eigenvalue weighted by molar-refractivity contribution is 5.97.